The first-order chi connectivity index (χ1) is 24.3. The first kappa shape index (κ1) is 26.8. The van der Waals surface area contributed by atoms with Gasteiger partial charge in [0.1, 0.15) is 0 Å². The second-order valence-corrected chi connectivity index (χ2v) is 13.8. The van der Waals surface area contributed by atoms with Gasteiger partial charge in [0.15, 0.2) is 17.5 Å². The quantitative estimate of drug-likeness (QED) is 0.181. The number of rotatable bonds is 3. The van der Waals surface area contributed by atoms with Crippen molar-refractivity contribution in [2.75, 3.05) is 0 Å². The molecule has 10 aromatic rings. The third kappa shape index (κ3) is 3.92. The molecule has 3 nitrogen and oxygen atoms in total. The van der Waals surface area contributed by atoms with Crippen molar-refractivity contribution in [3.05, 3.63) is 152 Å². The largest absolute Gasteiger partial charge is 0.208 e. The molecular weight excluding hydrogens is 615 g/mol. The van der Waals surface area contributed by atoms with Gasteiger partial charge in [0, 0.05) is 36.9 Å². The highest BCUT2D eigenvalue weighted by atomic mass is 32.1. The number of hydrogen-bond donors (Lipinski definition) is 0. The summed E-state index contributed by atoms with van der Waals surface area (Å²) in [5.74, 6) is 2.01. The van der Waals surface area contributed by atoms with E-state index in [0.29, 0.717) is 17.5 Å². The van der Waals surface area contributed by atoms with Crippen LogP contribution in [0.2, 0.25) is 0 Å². The monoisotopic (exact) mass is 639 g/mol. The fraction of sp³-hybridized carbons (Fsp3) is 0. The van der Waals surface area contributed by atoms with Crippen molar-refractivity contribution in [3.63, 3.8) is 0 Å². The fourth-order valence-electron chi connectivity index (χ4n) is 7.87. The van der Waals surface area contributed by atoms with Crippen LogP contribution in [-0.2, 0) is 0 Å². The Morgan fingerprint density at radius 1 is 0.327 bits per heavy atom. The number of nitrogens with zero attached hydrogens (tertiary/aromatic N) is 3. The summed E-state index contributed by atoms with van der Waals surface area (Å²) in [7, 11) is 0. The van der Waals surface area contributed by atoms with Crippen LogP contribution in [0.3, 0.4) is 0 Å². The van der Waals surface area contributed by atoms with Gasteiger partial charge in [-0.2, -0.15) is 0 Å². The van der Waals surface area contributed by atoms with E-state index in [1.165, 1.54) is 64.0 Å². The van der Waals surface area contributed by atoms with E-state index in [4.69, 9.17) is 15.0 Å². The third-order valence-corrected chi connectivity index (χ3v) is 11.2. The van der Waals surface area contributed by atoms with E-state index in [2.05, 4.69) is 133 Å². The topological polar surface area (TPSA) is 38.7 Å². The van der Waals surface area contributed by atoms with Gasteiger partial charge < -0.3 is 0 Å². The van der Waals surface area contributed by atoms with Gasteiger partial charge in [-0.3, -0.25) is 0 Å². The summed E-state index contributed by atoms with van der Waals surface area (Å²) in [5, 5.41) is 9.75. The molecule has 1 aliphatic carbocycles. The SMILES string of the molecule is c1ccc(-c2nc(-c3cc4ccccc4c4ccccc34)nc(-c3cccc4sc5cc6c(cc5c34)-c3cccc4cccc-6c34)n2)cc1. The molecule has 0 bridgehead atoms. The van der Waals surface area contributed by atoms with E-state index in [0.717, 1.165) is 27.5 Å². The Kier molecular flexibility index (Phi) is 5.54. The Morgan fingerprint density at radius 3 is 1.76 bits per heavy atom. The van der Waals surface area contributed by atoms with Gasteiger partial charge in [0.2, 0.25) is 0 Å². The van der Waals surface area contributed by atoms with E-state index in [1.54, 1.807) is 0 Å². The Bertz CT molecular complexity index is 2990. The molecular formula is C45H25N3S. The molecule has 226 valence electrons. The van der Waals surface area contributed by atoms with Crippen LogP contribution in [0, 0.1) is 0 Å². The highest BCUT2D eigenvalue weighted by molar-refractivity contribution is 7.26. The van der Waals surface area contributed by atoms with Crippen LogP contribution >= 0.6 is 11.3 Å². The number of aromatic nitrogens is 3. The zero-order chi connectivity index (χ0) is 32.1. The van der Waals surface area contributed by atoms with Crippen molar-refractivity contribution in [1.82, 2.24) is 15.0 Å². The van der Waals surface area contributed by atoms with Gasteiger partial charge in [-0.05, 0) is 78.8 Å². The molecule has 8 aromatic carbocycles. The van der Waals surface area contributed by atoms with E-state index in [1.807, 2.05) is 29.5 Å². The predicted molar refractivity (Wildman–Crippen MR) is 206 cm³/mol. The molecule has 0 aliphatic heterocycles. The van der Waals surface area contributed by atoms with Crippen LogP contribution in [0.4, 0.5) is 0 Å². The summed E-state index contributed by atoms with van der Waals surface area (Å²) in [6.45, 7) is 0. The second-order valence-electron chi connectivity index (χ2n) is 12.7. The first-order valence-corrected chi connectivity index (χ1v) is 17.3. The van der Waals surface area contributed by atoms with E-state index in [-0.39, 0.29) is 0 Å². The lowest BCUT2D eigenvalue weighted by molar-refractivity contribution is 1.08. The second kappa shape index (κ2) is 10.1. The van der Waals surface area contributed by atoms with Crippen molar-refractivity contribution in [2.24, 2.45) is 0 Å². The van der Waals surface area contributed by atoms with Crippen LogP contribution in [0.5, 0.6) is 0 Å². The maximum Gasteiger partial charge on any atom is 0.164 e. The van der Waals surface area contributed by atoms with Crippen molar-refractivity contribution in [3.8, 4) is 56.4 Å². The van der Waals surface area contributed by atoms with Crippen LogP contribution in [0.15, 0.2) is 152 Å². The Hall–Kier alpha value is -6.23. The van der Waals surface area contributed by atoms with Crippen LogP contribution in [0.1, 0.15) is 0 Å². The molecule has 1 aliphatic rings. The molecule has 11 rings (SSSR count). The molecule has 49 heavy (non-hydrogen) atoms. The minimum Gasteiger partial charge on any atom is -0.208 e. The van der Waals surface area contributed by atoms with Gasteiger partial charge in [0.05, 0.1) is 0 Å². The summed E-state index contributed by atoms with van der Waals surface area (Å²) in [4.78, 5) is 15.7. The zero-order valence-corrected chi connectivity index (χ0v) is 27.0. The van der Waals surface area contributed by atoms with E-state index in [9.17, 15) is 0 Å². The summed E-state index contributed by atoms with van der Waals surface area (Å²) in [6, 6.07) is 54.2. The minimum atomic E-state index is 0.664. The van der Waals surface area contributed by atoms with Crippen LogP contribution in [0.25, 0.3) is 109 Å². The number of fused-ring (bicyclic) bond motifs is 9. The van der Waals surface area contributed by atoms with Gasteiger partial charge in [0.25, 0.3) is 0 Å². The molecule has 0 amide bonds. The molecule has 0 N–H and O–H groups in total. The Balaban J connectivity index is 1.20. The van der Waals surface area contributed by atoms with Gasteiger partial charge >= 0.3 is 0 Å². The minimum absolute atomic E-state index is 0.664. The lowest BCUT2D eigenvalue weighted by Gasteiger charge is -2.13. The van der Waals surface area contributed by atoms with Crippen LogP contribution in [-0.4, -0.2) is 15.0 Å². The lowest BCUT2D eigenvalue weighted by Crippen LogP contribution is -2.01. The number of benzene rings is 8. The summed E-state index contributed by atoms with van der Waals surface area (Å²) < 4.78 is 2.49. The van der Waals surface area contributed by atoms with E-state index >= 15 is 0 Å². The molecule has 0 fully saturated rings. The lowest BCUT2D eigenvalue weighted by atomic mass is 9.96. The standard InChI is InChI=1S/C45H25N3S/c1-2-11-27(12-3-1)43-46-44(48-45(47-43)37-23-28-13-4-5-16-29(28)30-17-6-7-18-31(30)37)34-21-10-22-39-42(34)38-24-35-32-19-8-14-26-15-9-20-33(41(26)32)36(35)25-40(38)49-39/h1-25H. The molecule has 4 heteroatoms. The molecule has 0 atom stereocenters. The number of thiophene rings is 1. The molecule has 2 aromatic heterocycles. The molecule has 0 spiro atoms. The average molecular weight is 640 g/mol. The maximum atomic E-state index is 5.31. The molecule has 0 unspecified atom stereocenters. The van der Waals surface area contributed by atoms with Crippen molar-refractivity contribution >= 4 is 63.8 Å². The zero-order valence-electron chi connectivity index (χ0n) is 26.2. The van der Waals surface area contributed by atoms with Crippen molar-refractivity contribution in [1.29, 1.82) is 0 Å². The van der Waals surface area contributed by atoms with Crippen molar-refractivity contribution < 1.29 is 0 Å². The third-order valence-electron chi connectivity index (χ3n) is 10.0. The first-order valence-electron chi connectivity index (χ1n) is 16.5. The Labute approximate surface area is 285 Å². The van der Waals surface area contributed by atoms with E-state index < -0.39 is 0 Å². The average Bonchev–Trinajstić information content (AvgIpc) is 3.69. The molecule has 0 saturated heterocycles. The molecule has 0 radical (unpaired) electrons. The van der Waals surface area contributed by atoms with Gasteiger partial charge in [-0.15, -0.1) is 11.3 Å². The van der Waals surface area contributed by atoms with Crippen LogP contribution < -0.4 is 0 Å². The fourth-order valence-corrected chi connectivity index (χ4v) is 9.02. The Morgan fingerprint density at radius 2 is 0.939 bits per heavy atom. The molecule has 2 heterocycles. The van der Waals surface area contributed by atoms with Crippen molar-refractivity contribution in [2.45, 2.75) is 0 Å². The summed E-state index contributed by atoms with van der Waals surface area (Å²) in [5.41, 5.74) is 8.20. The molecule has 0 saturated carbocycles. The smallest absolute Gasteiger partial charge is 0.164 e. The predicted octanol–water partition coefficient (Wildman–Crippen LogP) is 12.3. The van der Waals surface area contributed by atoms with Gasteiger partial charge in [-0.1, -0.05) is 127 Å². The maximum absolute atomic E-state index is 5.31. The normalized spacial score (nSPS) is 12.1. The summed E-state index contributed by atoms with van der Waals surface area (Å²) >= 11 is 1.84. The number of hydrogen-bond acceptors (Lipinski definition) is 4. The highest BCUT2D eigenvalue weighted by Gasteiger charge is 2.24. The highest BCUT2D eigenvalue weighted by Crippen LogP contribution is 2.51. The van der Waals surface area contributed by atoms with Gasteiger partial charge in [-0.25, -0.2) is 15.0 Å². The summed E-state index contributed by atoms with van der Waals surface area (Å²) in [6.07, 6.45) is 0.